The molecule has 2 N–H and O–H groups in total. The van der Waals surface area contributed by atoms with Crippen LogP contribution in [0.15, 0.2) is 71.8 Å². The highest BCUT2D eigenvalue weighted by Crippen LogP contribution is 2.19. The second-order valence-electron chi connectivity index (χ2n) is 5.85. The van der Waals surface area contributed by atoms with E-state index in [0.29, 0.717) is 11.5 Å². The number of nitrogens with zero attached hydrogens (tertiary/aromatic N) is 1. The van der Waals surface area contributed by atoms with Crippen molar-refractivity contribution < 1.29 is 8.42 Å². The van der Waals surface area contributed by atoms with Gasteiger partial charge in [-0.25, -0.2) is 13.4 Å². The van der Waals surface area contributed by atoms with E-state index in [4.69, 9.17) is 0 Å². The normalized spacial score (nSPS) is 11.1. The molecular weight excluding hydrogens is 334 g/mol. The lowest BCUT2D eigenvalue weighted by molar-refractivity contribution is 0.601. The molecule has 128 valence electrons. The summed E-state index contributed by atoms with van der Waals surface area (Å²) in [6.45, 7) is 3.93. The second kappa shape index (κ2) is 6.94. The smallest absolute Gasteiger partial charge is 0.261 e. The van der Waals surface area contributed by atoms with Crippen LogP contribution in [0.25, 0.3) is 0 Å². The van der Waals surface area contributed by atoms with Gasteiger partial charge in [0.2, 0.25) is 0 Å². The van der Waals surface area contributed by atoms with Crippen molar-refractivity contribution in [3.63, 3.8) is 0 Å². The van der Waals surface area contributed by atoms with Gasteiger partial charge in [0.05, 0.1) is 16.8 Å². The third kappa shape index (κ3) is 4.36. The first-order valence-electron chi connectivity index (χ1n) is 7.82. The molecule has 0 aliphatic carbocycles. The van der Waals surface area contributed by atoms with Crippen molar-refractivity contribution >= 4 is 27.2 Å². The molecule has 2 aromatic carbocycles. The van der Waals surface area contributed by atoms with Gasteiger partial charge >= 0.3 is 0 Å². The minimum Gasteiger partial charge on any atom is -0.340 e. The first kappa shape index (κ1) is 17.0. The molecule has 6 heteroatoms. The van der Waals surface area contributed by atoms with Gasteiger partial charge in [-0.05, 0) is 55.8 Å². The largest absolute Gasteiger partial charge is 0.340 e. The van der Waals surface area contributed by atoms with Crippen LogP contribution in [0.2, 0.25) is 0 Å². The van der Waals surface area contributed by atoms with Crippen LogP contribution in [0.5, 0.6) is 0 Å². The average Bonchev–Trinajstić information content (AvgIpc) is 2.57. The molecule has 0 atom stereocenters. The molecule has 0 aliphatic heterocycles. The van der Waals surface area contributed by atoms with Gasteiger partial charge in [0.25, 0.3) is 10.0 Å². The Morgan fingerprint density at radius 1 is 0.840 bits per heavy atom. The molecule has 0 spiro atoms. The summed E-state index contributed by atoms with van der Waals surface area (Å²) in [6.07, 6.45) is 1.49. The van der Waals surface area contributed by atoms with Gasteiger partial charge < -0.3 is 5.32 Å². The molecule has 0 unspecified atom stereocenters. The van der Waals surface area contributed by atoms with Crippen LogP contribution < -0.4 is 10.0 Å². The van der Waals surface area contributed by atoms with Crippen molar-refractivity contribution in [1.29, 1.82) is 0 Å². The Morgan fingerprint density at radius 3 is 2.24 bits per heavy atom. The van der Waals surface area contributed by atoms with Crippen LogP contribution in [0.4, 0.5) is 17.2 Å². The Hall–Kier alpha value is -2.86. The van der Waals surface area contributed by atoms with Gasteiger partial charge in [-0.3, -0.25) is 4.72 Å². The summed E-state index contributed by atoms with van der Waals surface area (Å²) in [4.78, 5) is 4.48. The summed E-state index contributed by atoms with van der Waals surface area (Å²) in [5.74, 6) is 0.642. The van der Waals surface area contributed by atoms with Crippen LogP contribution >= 0.6 is 0 Å². The number of hydrogen-bond acceptors (Lipinski definition) is 4. The Bertz CT molecular complexity index is 966. The monoisotopic (exact) mass is 353 g/mol. The fraction of sp³-hybridized carbons (Fsp3) is 0.105. The van der Waals surface area contributed by atoms with Crippen LogP contribution in [0.3, 0.4) is 0 Å². The second-order valence-corrected chi connectivity index (χ2v) is 7.53. The summed E-state index contributed by atoms with van der Waals surface area (Å²) in [5.41, 5.74) is 3.50. The standard InChI is InChI=1S/C19H19N3O2S/c1-14-6-9-18(10-7-14)25(23,24)22-17-8-11-19(20-13-17)21-16-5-3-4-15(2)12-16/h3-13,22H,1-2H3,(H,20,21). The predicted molar refractivity (Wildman–Crippen MR) is 101 cm³/mol. The summed E-state index contributed by atoms with van der Waals surface area (Å²) >= 11 is 0. The lowest BCUT2D eigenvalue weighted by atomic mass is 10.2. The highest BCUT2D eigenvalue weighted by Gasteiger charge is 2.13. The Balaban J connectivity index is 1.73. The summed E-state index contributed by atoms with van der Waals surface area (Å²) in [7, 11) is -3.62. The van der Waals surface area contributed by atoms with Crippen LogP contribution in [0.1, 0.15) is 11.1 Å². The number of aromatic nitrogens is 1. The zero-order valence-electron chi connectivity index (χ0n) is 14.0. The van der Waals surface area contributed by atoms with E-state index < -0.39 is 10.0 Å². The molecule has 3 aromatic rings. The van der Waals surface area contributed by atoms with E-state index in [2.05, 4.69) is 15.0 Å². The van der Waals surface area contributed by atoms with Crippen molar-refractivity contribution in [1.82, 2.24) is 4.98 Å². The number of anilines is 3. The zero-order chi connectivity index (χ0) is 17.9. The topological polar surface area (TPSA) is 71.1 Å². The zero-order valence-corrected chi connectivity index (χ0v) is 14.8. The minimum atomic E-state index is -3.62. The number of benzene rings is 2. The minimum absolute atomic E-state index is 0.222. The van der Waals surface area contributed by atoms with Crippen molar-refractivity contribution in [2.45, 2.75) is 18.7 Å². The van der Waals surface area contributed by atoms with Crippen molar-refractivity contribution in [2.75, 3.05) is 10.0 Å². The number of aryl methyl sites for hydroxylation is 2. The van der Waals surface area contributed by atoms with Gasteiger partial charge in [0.15, 0.2) is 0 Å². The van der Waals surface area contributed by atoms with Crippen molar-refractivity contribution in [3.05, 3.63) is 78.0 Å². The molecule has 0 saturated heterocycles. The predicted octanol–water partition coefficient (Wildman–Crippen LogP) is 4.24. The van der Waals surface area contributed by atoms with E-state index in [1.165, 1.54) is 6.20 Å². The van der Waals surface area contributed by atoms with Gasteiger partial charge in [0, 0.05) is 5.69 Å². The van der Waals surface area contributed by atoms with E-state index in [-0.39, 0.29) is 4.90 Å². The number of hydrogen-bond donors (Lipinski definition) is 2. The fourth-order valence-electron chi connectivity index (χ4n) is 2.33. The van der Waals surface area contributed by atoms with Crippen molar-refractivity contribution in [2.24, 2.45) is 0 Å². The van der Waals surface area contributed by atoms with E-state index in [9.17, 15) is 8.42 Å². The first-order chi connectivity index (χ1) is 11.9. The fourth-order valence-corrected chi connectivity index (χ4v) is 3.37. The van der Waals surface area contributed by atoms with E-state index in [1.54, 1.807) is 36.4 Å². The lowest BCUT2D eigenvalue weighted by Crippen LogP contribution is -2.13. The number of pyridine rings is 1. The highest BCUT2D eigenvalue weighted by atomic mass is 32.2. The molecule has 0 aliphatic rings. The molecular formula is C19H19N3O2S. The summed E-state index contributed by atoms with van der Waals surface area (Å²) in [6, 6.07) is 18.0. The third-order valence-electron chi connectivity index (χ3n) is 3.64. The molecule has 0 bridgehead atoms. The highest BCUT2D eigenvalue weighted by molar-refractivity contribution is 7.92. The van der Waals surface area contributed by atoms with Gasteiger partial charge in [-0.2, -0.15) is 0 Å². The Kier molecular flexibility index (Phi) is 4.72. The molecule has 25 heavy (non-hydrogen) atoms. The molecule has 5 nitrogen and oxygen atoms in total. The Labute approximate surface area is 147 Å². The maximum atomic E-state index is 12.4. The molecule has 1 heterocycles. The van der Waals surface area contributed by atoms with Gasteiger partial charge in [-0.15, -0.1) is 0 Å². The van der Waals surface area contributed by atoms with E-state index >= 15 is 0 Å². The SMILES string of the molecule is Cc1ccc(S(=O)(=O)Nc2ccc(Nc3cccc(C)c3)nc2)cc1. The van der Waals surface area contributed by atoms with Crippen molar-refractivity contribution in [3.8, 4) is 0 Å². The molecule has 0 amide bonds. The molecule has 3 rings (SSSR count). The lowest BCUT2D eigenvalue weighted by Gasteiger charge is -2.10. The van der Waals surface area contributed by atoms with Crippen LogP contribution in [-0.4, -0.2) is 13.4 Å². The van der Waals surface area contributed by atoms with E-state index in [0.717, 1.165) is 16.8 Å². The van der Waals surface area contributed by atoms with Gasteiger partial charge in [0.1, 0.15) is 5.82 Å². The summed E-state index contributed by atoms with van der Waals surface area (Å²) in [5, 5.41) is 3.18. The van der Waals surface area contributed by atoms with Crippen LogP contribution in [-0.2, 0) is 10.0 Å². The Morgan fingerprint density at radius 2 is 1.60 bits per heavy atom. The quantitative estimate of drug-likeness (QED) is 0.719. The molecule has 0 fully saturated rings. The van der Waals surface area contributed by atoms with E-state index in [1.807, 2.05) is 38.1 Å². The maximum absolute atomic E-state index is 12.4. The molecule has 0 radical (unpaired) electrons. The number of nitrogens with one attached hydrogen (secondary N) is 2. The molecule has 1 aromatic heterocycles. The number of sulfonamides is 1. The first-order valence-corrected chi connectivity index (χ1v) is 9.30. The third-order valence-corrected chi connectivity index (χ3v) is 5.03. The number of rotatable bonds is 5. The maximum Gasteiger partial charge on any atom is 0.261 e. The summed E-state index contributed by atoms with van der Waals surface area (Å²) < 4.78 is 27.3. The van der Waals surface area contributed by atoms with Gasteiger partial charge in [-0.1, -0.05) is 29.8 Å². The van der Waals surface area contributed by atoms with Crippen LogP contribution in [0, 0.1) is 13.8 Å². The molecule has 0 saturated carbocycles. The average molecular weight is 353 g/mol.